The fourth-order valence-electron chi connectivity index (χ4n) is 1.45. The number of rotatable bonds is 2. The van der Waals surface area contributed by atoms with Crippen LogP contribution in [-0.2, 0) is 10.1 Å². The first kappa shape index (κ1) is 9.64. The third kappa shape index (κ3) is 1.79. The van der Waals surface area contributed by atoms with Crippen LogP contribution in [-0.4, -0.2) is 19.5 Å². The van der Waals surface area contributed by atoms with Crippen molar-refractivity contribution in [1.29, 1.82) is 0 Å². The topological polar surface area (TPSA) is 66.4 Å². The highest BCUT2D eigenvalue weighted by Gasteiger charge is 2.18. The molecule has 4 nitrogen and oxygen atoms in total. The average Bonchev–Trinajstić information content (AvgIpc) is 2.00. The molecule has 0 bridgehead atoms. The third-order valence-electron chi connectivity index (χ3n) is 2.40. The Labute approximate surface area is 82.7 Å². The maximum atomic E-state index is 10.7. The Bertz CT molecular complexity index is 420. The zero-order chi connectivity index (χ0) is 10.2. The van der Waals surface area contributed by atoms with Gasteiger partial charge in [0.25, 0.3) is 10.1 Å². The predicted molar refractivity (Wildman–Crippen MR) is 51.6 cm³/mol. The lowest BCUT2D eigenvalue weighted by Gasteiger charge is -2.27. The second-order valence-electron chi connectivity index (χ2n) is 3.34. The van der Waals surface area contributed by atoms with E-state index in [0.29, 0.717) is 6.04 Å². The lowest BCUT2D eigenvalue weighted by atomic mass is 9.98. The van der Waals surface area contributed by atoms with Gasteiger partial charge >= 0.3 is 0 Å². The van der Waals surface area contributed by atoms with Gasteiger partial charge in [0, 0.05) is 6.04 Å². The normalized spacial score (nSPS) is 21.6. The minimum Gasteiger partial charge on any atom is -0.310 e. The van der Waals surface area contributed by atoms with Crippen molar-refractivity contribution >= 4 is 10.1 Å². The second kappa shape index (κ2) is 3.34. The maximum Gasteiger partial charge on any atom is 0.294 e. The predicted octanol–water partition coefficient (Wildman–Crippen LogP) is 0.968. The van der Waals surface area contributed by atoms with E-state index in [1.54, 1.807) is 12.1 Å². The van der Waals surface area contributed by atoms with E-state index in [1.165, 1.54) is 12.1 Å². The minimum absolute atomic E-state index is 0.0550. The molecule has 5 heteroatoms. The summed E-state index contributed by atoms with van der Waals surface area (Å²) in [5.41, 5.74) is 1.06. The van der Waals surface area contributed by atoms with E-state index in [0.717, 1.165) is 18.5 Å². The molecular weight excluding hydrogens is 202 g/mol. The summed E-state index contributed by atoms with van der Waals surface area (Å²) in [5, 5.41) is 3.21. The summed E-state index contributed by atoms with van der Waals surface area (Å²) in [4.78, 5) is -0.0550. The maximum absolute atomic E-state index is 10.7. The molecule has 0 aromatic heterocycles. The van der Waals surface area contributed by atoms with Gasteiger partial charge < -0.3 is 5.32 Å². The first-order valence-electron chi connectivity index (χ1n) is 4.38. The van der Waals surface area contributed by atoms with Crippen molar-refractivity contribution < 1.29 is 13.0 Å². The van der Waals surface area contributed by atoms with Gasteiger partial charge in [-0.05, 0) is 30.7 Å². The van der Waals surface area contributed by atoms with E-state index < -0.39 is 10.1 Å². The van der Waals surface area contributed by atoms with Crippen molar-refractivity contribution in [2.45, 2.75) is 17.4 Å². The molecule has 1 aromatic carbocycles. The molecular formula is C9H11NO3S. The van der Waals surface area contributed by atoms with Gasteiger partial charge in [-0.25, -0.2) is 0 Å². The zero-order valence-electron chi connectivity index (χ0n) is 7.47. The van der Waals surface area contributed by atoms with Crippen LogP contribution in [0.4, 0.5) is 0 Å². The Hall–Kier alpha value is -0.910. The molecule has 0 spiro atoms. The highest BCUT2D eigenvalue weighted by molar-refractivity contribution is 7.85. The fraction of sp³-hybridized carbons (Fsp3) is 0.333. The first-order chi connectivity index (χ1) is 6.57. The van der Waals surface area contributed by atoms with Crippen molar-refractivity contribution in [3.8, 4) is 0 Å². The zero-order valence-corrected chi connectivity index (χ0v) is 8.29. The Morgan fingerprint density at radius 3 is 2.21 bits per heavy atom. The van der Waals surface area contributed by atoms with Crippen LogP contribution in [0.1, 0.15) is 18.0 Å². The van der Waals surface area contributed by atoms with E-state index in [4.69, 9.17) is 4.55 Å². The summed E-state index contributed by atoms with van der Waals surface area (Å²) in [5.74, 6) is 0. The fourth-order valence-corrected chi connectivity index (χ4v) is 1.93. The number of nitrogens with one attached hydrogen (secondary N) is 1. The monoisotopic (exact) mass is 213 g/mol. The van der Waals surface area contributed by atoms with Crippen LogP contribution in [0.5, 0.6) is 0 Å². The van der Waals surface area contributed by atoms with Crippen LogP contribution in [0.3, 0.4) is 0 Å². The van der Waals surface area contributed by atoms with Crippen LogP contribution in [0.25, 0.3) is 0 Å². The molecule has 2 N–H and O–H groups in total. The van der Waals surface area contributed by atoms with Crippen molar-refractivity contribution in [2.24, 2.45) is 0 Å². The summed E-state index contributed by atoms with van der Waals surface area (Å²) in [7, 11) is -4.05. The summed E-state index contributed by atoms with van der Waals surface area (Å²) < 4.78 is 30.2. The van der Waals surface area contributed by atoms with E-state index in [1.807, 2.05) is 0 Å². The minimum atomic E-state index is -4.05. The van der Waals surface area contributed by atoms with E-state index in [2.05, 4.69) is 5.32 Å². The largest absolute Gasteiger partial charge is 0.310 e. The van der Waals surface area contributed by atoms with E-state index >= 15 is 0 Å². The average molecular weight is 213 g/mol. The molecule has 1 unspecified atom stereocenters. The molecule has 2 rings (SSSR count). The van der Waals surface area contributed by atoms with Gasteiger partial charge in [0.15, 0.2) is 0 Å². The molecule has 0 aliphatic carbocycles. The number of hydrogen-bond acceptors (Lipinski definition) is 3. The lowest BCUT2D eigenvalue weighted by molar-refractivity contribution is 0.383. The van der Waals surface area contributed by atoms with Gasteiger partial charge in [0.2, 0.25) is 0 Å². The smallest absolute Gasteiger partial charge is 0.294 e. The molecule has 0 amide bonds. The highest BCUT2D eigenvalue weighted by atomic mass is 32.2. The lowest BCUT2D eigenvalue weighted by Crippen LogP contribution is -2.34. The molecule has 0 saturated carbocycles. The number of hydrogen-bond donors (Lipinski definition) is 2. The van der Waals surface area contributed by atoms with Crippen LogP contribution >= 0.6 is 0 Å². The molecule has 1 saturated heterocycles. The molecule has 1 heterocycles. The standard InChI is InChI=1S/C9H11NO3S/c11-14(12,13)8-3-1-7(2-4-8)9-5-6-10-9/h1-4,9-10H,5-6H2,(H,11,12,13). The van der Waals surface area contributed by atoms with Crippen LogP contribution in [0.2, 0.25) is 0 Å². The van der Waals surface area contributed by atoms with Gasteiger partial charge in [-0.2, -0.15) is 8.42 Å². The summed E-state index contributed by atoms with van der Waals surface area (Å²) in [6, 6.07) is 6.63. The Morgan fingerprint density at radius 2 is 1.86 bits per heavy atom. The van der Waals surface area contributed by atoms with Crippen LogP contribution < -0.4 is 5.32 Å². The van der Waals surface area contributed by atoms with Crippen LogP contribution in [0, 0.1) is 0 Å². The van der Waals surface area contributed by atoms with Crippen molar-refractivity contribution in [2.75, 3.05) is 6.54 Å². The molecule has 1 atom stereocenters. The summed E-state index contributed by atoms with van der Waals surface area (Å²) in [6.45, 7) is 1.00. The Morgan fingerprint density at radius 1 is 1.29 bits per heavy atom. The number of benzene rings is 1. The molecule has 1 aliphatic heterocycles. The molecule has 1 aromatic rings. The van der Waals surface area contributed by atoms with E-state index in [-0.39, 0.29) is 4.90 Å². The molecule has 1 aliphatic rings. The third-order valence-corrected chi connectivity index (χ3v) is 3.27. The van der Waals surface area contributed by atoms with Crippen LogP contribution in [0.15, 0.2) is 29.2 Å². The van der Waals surface area contributed by atoms with Gasteiger partial charge in [0.05, 0.1) is 4.90 Å². The second-order valence-corrected chi connectivity index (χ2v) is 4.76. The van der Waals surface area contributed by atoms with Crippen molar-refractivity contribution in [1.82, 2.24) is 5.32 Å². The Kier molecular flexibility index (Phi) is 2.30. The van der Waals surface area contributed by atoms with Gasteiger partial charge in [-0.15, -0.1) is 0 Å². The summed E-state index contributed by atoms with van der Waals surface area (Å²) in [6.07, 6.45) is 1.07. The van der Waals surface area contributed by atoms with Gasteiger partial charge in [-0.3, -0.25) is 4.55 Å². The molecule has 0 radical (unpaired) electrons. The Balaban J connectivity index is 2.26. The van der Waals surface area contributed by atoms with Crippen molar-refractivity contribution in [3.63, 3.8) is 0 Å². The molecule has 14 heavy (non-hydrogen) atoms. The summed E-state index contributed by atoms with van der Waals surface area (Å²) >= 11 is 0. The molecule has 76 valence electrons. The molecule has 1 fully saturated rings. The van der Waals surface area contributed by atoms with Gasteiger partial charge in [0.1, 0.15) is 0 Å². The van der Waals surface area contributed by atoms with Gasteiger partial charge in [-0.1, -0.05) is 12.1 Å². The SMILES string of the molecule is O=S(=O)(O)c1ccc(C2CCN2)cc1. The van der Waals surface area contributed by atoms with E-state index in [9.17, 15) is 8.42 Å². The first-order valence-corrected chi connectivity index (χ1v) is 5.82. The van der Waals surface area contributed by atoms with Crippen molar-refractivity contribution in [3.05, 3.63) is 29.8 Å². The quantitative estimate of drug-likeness (QED) is 0.718. The highest BCUT2D eigenvalue weighted by Crippen LogP contribution is 2.23.